The molecule has 92 valence electrons. The molecule has 0 bridgehead atoms. The zero-order chi connectivity index (χ0) is 12.5. The fraction of sp³-hybridized carbons (Fsp3) is 0.333. The van der Waals surface area contributed by atoms with E-state index in [-0.39, 0.29) is 6.61 Å². The number of nitrogens with zero attached hydrogens (tertiary/aromatic N) is 3. The van der Waals surface area contributed by atoms with Gasteiger partial charge in [-0.15, -0.1) is 10.2 Å². The van der Waals surface area contributed by atoms with Crippen molar-refractivity contribution in [3.8, 4) is 0 Å². The fourth-order valence-corrected chi connectivity index (χ4v) is 1.93. The van der Waals surface area contributed by atoms with Gasteiger partial charge in [-0.25, -0.2) is 0 Å². The molecule has 0 radical (unpaired) electrons. The van der Waals surface area contributed by atoms with Gasteiger partial charge in [0.15, 0.2) is 10.8 Å². The van der Waals surface area contributed by atoms with E-state index in [9.17, 15) is 13.2 Å². The highest BCUT2D eigenvalue weighted by Gasteiger charge is 2.31. The largest absolute Gasteiger partial charge is 0.417 e. The molecule has 8 heteroatoms. The van der Waals surface area contributed by atoms with Crippen LogP contribution in [0, 0.1) is 0 Å². The molecule has 1 N–H and O–H groups in total. The third-order valence-corrected chi connectivity index (χ3v) is 2.94. The van der Waals surface area contributed by atoms with Crippen LogP contribution >= 0.6 is 11.8 Å². The van der Waals surface area contributed by atoms with E-state index in [1.165, 1.54) is 10.5 Å². The summed E-state index contributed by atoms with van der Waals surface area (Å²) >= 11 is 1.15. The van der Waals surface area contributed by atoms with Crippen LogP contribution in [-0.4, -0.2) is 32.1 Å². The number of aromatic nitrogens is 3. The van der Waals surface area contributed by atoms with E-state index in [2.05, 4.69) is 10.2 Å². The maximum atomic E-state index is 12.5. The minimum atomic E-state index is -4.39. The molecule has 0 aliphatic heterocycles. The van der Waals surface area contributed by atoms with Gasteiger partial charge in [0.25, 0.3) is 0 Å². The second kappa shape index (κ2) is 4.53. The van der Waals surface area contributed by atoms with E-state index >= 15 is 0 Å². The minimum absolute atomic E-state index is 0.0709. The Morgan fingerprint density at radius 3 is 2.71 bits per heavy atom. The molecule has 2 rings (SSSR count). The van der Waals surface area contributed by atoms with Gasteiger partial charge in [0, 0.05) is 11.9 Å². The maximum Gasteiger partial charge on any atom is 0.417 e. The summed E-state index contributed by atoms with van der Waals surface area (Å²) in [5.74, 6) is 0.358. The van der Waals surface area contributed by atoms with Crippen LogP contribution in [0.25, 0.3) is 5.65 Å². The number of hydrogen-bond donors (Lipinski definition) is 1. The number of thioether (sulfide) groups is 1. The zero-order valence-corrected chi connectivity index (χ0v) is 9.29. The van der Waals surface area contributed by atoms with Crippen LogP contribution < -0.4 is 0 Å². The standard InChI is InChI=1S/C9H8F3N3OS/c10-9(11,12)6-1-2-7-13-14-8(15(7)5-6)17-4-3-16/h1-2,5,16H,3-4H2. The van der Waals surface area contributed by atoms with Crippen molar-refractivity contribution in [2.45, 2.75) is 11.3 Å². The predicted molar refractivity (Wildman–Crippen MR) is 55.8 cm³/mol. The molecule has 0 saturated heterocycles. The number of pyridine rings is 1. The van der Waals surface area contributed by atoms with Gasteiger partial charge < -0.3 is 5.11 Å². The van der Waals surface area contributed by atoms with E-state index in [1.807, 2.05) is 0 Å². The lowest BCUT2D eigenvalue weighted by atomic mass is 10.3. The van der Waals surface area contributed by atoms with Crippen molar-refractivity contribution in [2.75, 3.05) is 12.4 Å². The first-order valence-corrected chi connectivity index (χ1v) is 5.66. The molecule has 0 unspecified atom stereocenters. The maximum absolute atomic E-state index is 12.5. The Labute approximate surface area is 98.5 Å². The number of halogens is 3. The molecule has 0 aromatic carbocycles. The van der Waals surface area contributed by atoms with Gasteiger partial charge in [-0.05, 0) is 12.1 Å². The molecule has 2 heterocycles. The second-order valence-corrected chi connectivity index (χ2v) is 4.26. The van der Waals surface area contributed by atoms with Crippen molar-refractivity contribution in [3.05, 3.63) is 23.9 Å². The van der Waals surface area contributed by atoms with Gasteiger partial charge in [0.1, 0.15) is 0 Å². The van der Waals surface area contributed by atoms with Crippen LogP contribution in [0.1, 0.15) is 5.56 Å². The molecule has 2 aromatic heterocycles. The molecule has 17 heavy (non-hydrogen) atoms. The van der Waals surface area contributed by atoms with E-state index in [4.69, 9.17) is 5.11 Å². The van der Waals surface area contributed by atoms with Gasteiger partial charge in [0.2, 0.25) is 0 Å². The predicted octanol–water partition coefficient (Wildman–Crippen LogP) is 1.83. The summed E-state index contributed by atoms with van der Waals surface area (Å²) in [5, 5.41) is 16.5. The summed E-state index contributed by atoms with van der Waals surface area (Å²) in [6, 6.07) is 2.23. The summed E-state index contributed by atoms with van der Waals surface area (Å²) in [7, 11) is 0. The molecule has 0 atom stereocenters. The van der Waals surface area contributed by atoms with Gasteiger partial charge in [-0.1, -0.05) is 11.8 Å². The van der Waals surface area contributed by atoms with Crippen molar-refractivity contribution >= 4 is 17.4 Å². The number of rotatable bonds is 3. The highest BCUT2D eigenvalue weighted by molar-refractivity contribution is 7.99. The van der Waals surface area contributed by atoms with Crippen LogP contribution in [0.2, 0.25) is 0 Å². The van der Waals surface area contributed by atoms with Crippen LogP contribution in [0.3, 0.4) is 0 Å². The van der Waals surface area contributed by atoms with Crippen molar-refractivity contribution in [2.24, 2.45) is 0 Å². The van der Waals surface area contributed by atoms with Crippen LogP contribution in [0.5, 0.6) is 0 Å². The van der Waals surface area contributed by atoms with E-state index in [0.717, 1.165) is 24.0 Å². The molecule has 0 aliphatic carbocycles. The normalized spacial score (nSPS) is 12.2. The van der Waals surface area contributed by atoms with E-state index < -0.39 is 11.7 Å². The lowest BCUT2D eigenvalue weighted by molar-refractivity contribution is -0.137. The Bertz CT molecular complexity index is 526. The molecule has 0 aliphatic rings. The van der Waals surface area contributed by atoms with Crippen LogP contribution in [0.15, 0.2) is 23.5 Å². The third kappa shape index (κ3) is 2.52. The molecular weight excluding hydrogens is 255 g/mol. The molecular formula is C9H8F3N3OS. The first kappa shape index (κ1) is 12.2. The lowest BCUT2D eigenvalue weighted by Crippen LogP contribution is -2.06. The Hall–Kier alpha value is -1.28. The molecule has 2 aromatic rings. The average molecular weight is 263 g/mol. The molecule has 0 spiro atoms. The molecule has 0 fully saturated rings. The van der Waals surface area contributed by atoms with E-state index in [1.54, 1.807) is 0 Å². The van der Waals surface area contributed by atoms with Crippen LogP contribution in [-0.2, 0) is 6.18 Å². The molecule has 0 saturated carbocycles. The average Bonchev–Trinajstić information content (AvgIpc) is 2.67. The van der Waals surface area contributed by atoms with Crippen molar-refractivity contribution < 1.29 is 18.3 Å². The van der Waals surface area contributed by atoms with Crippen molar-refractivity contribution in [3.63, 3.8) is 0 Å². The number of aliphatic hydroxyl groups excluding tert-OH is 1. The smallest absolute Gasteiger partial charge is 0.396 e. The Morgan fingerprint density at radius 1 is 1.29 bits per heavy atom. The molecule has 0 amide bonds. The van der Waals surface area contributed by atoms with Gasteiger partial charge in [0.05, 0.1) is 12.2 Å². The Morgan fingerprint density at radius 2 is 2.06 bits per heavy atom. The number of aliphatic hydroxyl groups is 1. The zero-order valence-electron chi connectivity index (χ0n) is 8.48. The summed E-state index contributed by atoms with van der Waals surface area (Å²) in [6.07, 6.45) is -3.44. The second-order valence-electron chi connectivity index (χ2n) is 3.20. The quantitative estimate of drug-likeness (QED) is 0.858. The van der Waals surface area contributed by atoms with Gasteiger partial charge >= 0.3 is 6.18 Å². The highest BCUT2D eigenvalue weighted by Crippen LogP contribution is 2.30. The monoisotopic (exact) mass is 263 g/mol. The first-order chi connectivity index (χ1) is 8.02. The van der Waals surface area contributed by atoms with Crippen molar-refractivity contribution in [1.82, 2.24) is 14.6 Å². The lowest BCUT2D eigenvalue weighted by Gasteiger charge is -2.07. The number of alkyl halides is 3. The first-order valence-electron chi connectivity index (χ1n) is 4.68. The van der Waals surface area contributed by atoms with Crippen LogP contribution in [0.4, 0.5) is 13.2 Å². The highest BCUT2D eigenvalue weighted by atomic mass is 32.2. The SMILES string of the molecule is OCCSc1nnc2ccc(C(F)(F)F)cn12. The summed E-state index contributed by atoms with van der Waals surface area (Å²) in [5.41, 5.74) is -0.408. The summed E-state index contributed by atoms with van der Waals surface area (Å²) in [6.45, 7) is -0.0709. The van der Waals surface area contributed by atoms with E-state index in [0.29, 0.717) is 16.6 Å². The molecule has 4 nitrogen and oxygen atoms in total. The summed E-state index contributed by atoms with van der Waals surface area (Å²) in [4.78, 5) is 0. The van der Waals surface area contributed by atoms with Crippen molar-refractivity contribution in [1.29, 1.82) is 0 Å². The van der Waals surface area contributed by atoms with Gasteiger partial charge in [-0.3, -0.25) is 4.40 Å². The Kier molecular flexibility index (Phi) is 3.25. The number of hydrogen-bond acceptors (Lipinski definition) is 4. The Balaban J connectivity index is 2.43. The minimum Gasteiger partial charge on any atom is -0.396 e. The third-order valence-electron chi connectivity index (χ3n) is 2.02. The summed E-state index contributed by atoms with van der Waals surface area (Å²) < 4.78 is 38.8. The van der Waals surface area contributed by atoms with Gasteiger partial charge in [-0.2, -0.15) is 13.2 Å². The fourth-order valence-electron chi connectivity index (χ4n) is 1.27. The number of fused-ring (bicyclic) bond motifs is 1. The topological polar surface area (TPSA) is 50.4 Å².